The summed E-state index contributed by atoms with van der Waals surface area (Å²) in [6, 6.07) is 11.1. The van der Waals surface area contributed by atoms with Gasteiger partial charge in [0.15, 0.2) is 0 Å². The van der Waals surface area contributed by atoms with Crippen LogP contribution in [0.4, 0.5) is 21.0 Å². The smallest absolute Gasteiger partial charge is 0.409 e. The molecule has 2 aromatic carbocycles. The van der Waals surface area contributed by atoms with Gasteiger partial charge in [0.25, 0.3) is 0 Å². The van der Waals surface area contributed by atoms with Crippen molar-refractivity contribution in [3.8, 4) is 0 Å². The van der Waals surface area contributed by atoms with E-state index >= 15 is 0 Å². The maximum Gasteiger partial charge on any atom is 0.409 e. The number of nitrogens with one attached hydrogen (secondary N) is 2. The third-order valence-electron chi connectivity index (χ3n) is 3.47. The Labute approximate surface area is 133 Å². The monoisotopic (exact) mass is 314 g/mol. The molecule has 23 heavy (non-hydrogen) atoms. The van der Waals surface area contributed by atoms with E-state index in [4.69, 9.17) is 10.2 Å². The van der Waals surface area contributed by atoms with Crippen LogP contribution in [0.5, 0.6) is 0 Å². The molecule has 0 radical (unpaired) electrons. The van der Waals surface area contributed by atoms with Crippen LogP contribution in [0.3, 0.4) is 0 Å². The lowest BCUT2D eigenvalue weighted by Crippen LogP contribution is -2.09. The second kappa shape index (κ2) is 6.83. The zero-order valence-corrected chi connectivity index (χ0v) is 12.9. The largest absolute Gasteiger partial charge is 0.465 e. The molecule has 0 bridgehead atoms. The number of amides is 2. The molecule has 2 aromatic rings. The summed E-state index contributed by atoms with van der Waals surface area (Å²) in [4.78, 5) is 21.4. The molecule has 0 unspecified atom stereocenters. The Kier molecular flexibility index (Phi) is 4.85. The Hall–Kier alpha value is -3.02. The predicted octanol–water partition coefficient (Wildman–Crippen LogP) is 4.07. The molecule has 0 aliphatic heterocycles. The predicted molar refractivity (Wildman–Crippen MR) is 88.5 cm³/mol. The third-order valence-corrected chi connectivity index (χ3v) is 3.47. The van der Waals surface area contributed by atoms with Gasteiger partial charge in [-0.3, -0.25) is 10.6 Å². The van der Waals surface area contributed by atoms with Crippen molar-refractivity contribution < 1.29 is 19.8 Å². The maximum absolute atomic E-state index is 10.7. The van der Waals surface area contributed by atoms with Gasteiger partial charge >= 0.3 is 12.2 Å². The van der Waals surface area contributed by atoms with Crippen LogP contribution in [-0.4, -0.2) is 22.4 Å². The number of hydrogen-bond acceptors (Lipinski definition) is 2. The minimum absolute atomic E-state index is 0.568. The molecule has 0 saturated carbocycles. The molecule has 0 atom stereocenters. The van der Waals surface area contributed by atoms with Gasteiger partial charge in [-0.2, -0.15) is 0 Å². The fraction of sp³-hybridized carbons (Fsp3) is 0.176. The number of carbonyl (C=O) groups is 2. The zero-order chi connectivity index (χ0) is 17.0. The van der Waals surface area contributed by atoms with Crippen molar-refractivity contribution in [1.29, 1.82) is 0 Å². The van der Waals surface area contributed by atoms with Crippen molar-refractivity contribution in [2.45, 2.75) is 20.3 Å². The topological polar surface area (TPSA) is 98.7 Å². The molecule has 2 rings (SSSR count). The molecule has 0 saturated heterocycles. The number of benzene rings is 2. The molecule has 2 amide bonds. The first-order valence-electron chi connectivity index (χ1n) is 7.04. The number of rotatable bonds is 4. The minimum Gasteiger partial charge on any atom is -0.465 e. The van der Waals surface area contributed by atoms with Gasteiger partial charge in [-0.25, -0.2) is 9.59 Å². The van der Waals surface area contributed by atoms with Crippen LogP contribution >= 0.6 is 0 Å². The Morgan fingerprint density at radius 2 is 1.22 bits per heavy atom. The minimum atomic E-state index is -1.09. The van der Waals surface area contributed by atoms with Crippen molar-refractivity contribution >= 4 is 23.6 Å². The summed E-state index contributed by atoms with van der Waals surface area (Å²) in [6.07, 6.45) is -1.49. The van der Waals surface area contributed by atoms with E-state index in [0.717, 1.165) is 22.3 Å². The highest BCUT2D eigenvalue weighted by Crippen LogP contribution is 2.21. The molecule has 0 fully saturated rings. The molecule has 0 aromatic heterocycles. The summed E-state index contributed by atoms with van der Waals surface area (Å²) in [5, 5.41) is 22.2. The maximum atomic E-state index is 10.7. The molecule has 0 aliphatic carbocycles. The van der Waals surface area contributed by atoms with Crippen molar-refractivity contribution in [1.82, 2.24) is 0 Å². The van der Waals surface area contributed by atoms with Gasteiger partial charge in [-0.15, -0.1) is 0 Å². The first-order chi connectivity index (χ1) is 10.8. The van der Waals surface area contributed by atoms with Crippen LogP contribution in [0.15, 0.2) is 36.4 Å². The Bertz CT molecular complexity index is 693. The summed E-state index contributed by atoms with van der Waals surface area (Å²) < 4.78 is 0. The van der Waals surface area contributed by atoms with Crippen molar-refractivity contribution in [3.63, 3.8) is 0 Å². The van der Waals surface area contributed by atoms with E-state index in [9.17, 15) is 9.59 Å². The Morgan fingerprint density at radius 3 is 1.52 bits per heavy atom. The fourth-order valence-corrected chi connectivity index (χ4v) is 2.42. The van der Waals surface area contributed by atoms with Crippen LogP contribution in [0.1, 0.15) is 22.3 Å². The van der Waals surface area contributed by atoms with E-state index in [0.29, 0.717) is 17.8 Å². The van der Waals surface area contributed by atoms with Crippen LogP contribution < -0.4 is 10.6 Å². The molecular formula is C17H18N2O4. The molecular weight excluding hydrogens is 296 g/mol. The molecule has 4 N–H and O–H groups in total. The van der Waals surface area contributed by atoms with Gasteiger partial charge in [-0.1, -0.05) is 24.3 Å². The molecule has 0 spiro atoms. The summed E-state index contributed by atoms with van der Waals surface area (Å²) in [7, 11) is 0. The first kappa shape index (κ1) is 16.4. The number of hydrogen-bond donors (Lipinski definition) is 4. The summed E-state index contributed by atoms with van der Waals surface area (Å²) >= 11 is 0. The van der Waals surface area contributed by atoms with Crippen LogP contribution in [0, 0.1) is 13.8 Å². The van der Waals surface area contributed by atoms with E-state index in [2.05, 4.69) is 10.6 Å². The van der Waals surface area contributed by atoms with Crippen molar-refractivity contribution in [2.24, 2.45) is 0 Å². The average Bonchev–Trinajstić information content (AvgIpc) is 2.44. The quantitative estimate of drug-likeness (QED) is 0.683. The Balaban J connectivity index is 2.16. The molecule has 6 heteroatoms. The van der Waals surface area contributed by atoms with Gasteiger partial charge in [-0.05, 0) is 54.7 Å². The first-order valence-corrected chi connectivity index (χ1v) is 7.04. The number of carboxylic acid groups (broad SMARTS) is 2. The van der Waals surface area contributed by atoms with E-state index < -0.39 is 12.2 Å². The van der Waals surface area contributed by atoms with Crippen LogP contribution in [0.2, 0.25) is 0 Å². The fourth-order valence-electron chi connectivity index (χ4n) is 2.42. The second-order valence-electron chi connectivity index (χ2n) is 5.34. The molecule has 6 nitrogen and oxygen atoms in total. The van der Waals surface area contributed by atoms with E-state index in [1.807, 2.05) is 38.1 Å². The lowest BCUT2D eigenvalue weighted by molar-refractivity contribution is 0.208. The van der Waals surface area contributed by atoms with Crippen molar-refractivity contribution in [2.75, 3.05) is 10.6 Å². The summed E-state index contributed by atoms with van der Waals surface area (Å²) in [5.74, 6) is 0. The lowest BCUT2D eigenvalue weighted by atomic mass is 10.00. The molecule has 0 heterocycles. The lowest BCUT2D eigenvalue weighted by Gasteiger charge is -2.10. The summed E-state index contributed by atoms with van der Waals surface area (Å²) in [5.41, 5.74) is 4.95. The van der Waals surface area contributed by atoms with Gasteiger partial charge in [0.2, 0.25) is 0 Å². The standard InChI is InChI=1S/C17H18N2O4/c1-10-7-12(3-5-14(10)18-16(20)21)9-13-4-6-15(11(2)8-13)19-17(22)23/h3-8,18-19H,9H2,1-2H3,(H,20,21)(H,22,23). The van der Waals surface area contributed by atoms with E-state index in [-0.39, 0.29) is 0 Å². The van der Waals surface area contributed by atoms with Gasteiger partial charge < -0.3 is 10.2 Å². The van der Waals surface area contributed by atoms with Gasteiger partial charge in [0.1, 0.15) is 0 Å². The highest BCUT2D eigenvalue weighted by atomic mass is 16.4. The second-order valence-corrected chi connectivity index (χ2v) is 5.34. The summed E-state index contributed by atoms with van der Waals surface area (Å²) in [6.45, 7) is 3.69. The normalized spacial score (nSPS) is 10.2. The van der Waals surface area contributed by atoms with Crippen LogP contribution in [0.25, 0.3) is 0 Å². The van der Waals surface area contributed by atoms with Crippen LogP contribution in [-0.2, 0) is 6.42 Å². The highest BCUT2D eigenvalue weighted by molar-refractivity contribution is 5.84. The SMILES string of the molecule is Cc1cc(Cc2ccc(NC(=O)O)c(C)c2)ccc1NC(=O)O. The average molecular weight is 314 g/mol. The van der Waals surface area contributed by atoms with E-state index in [1.165, 1.54) is 0 Å². The molecule has 0 aliphatic rings. The Morgan fingerprint density at radius 1 is 0.826 bits per heavy atom. The van der Waals surface area contributed by atoms with Gasteiger partial charge in [0, 0.05) is 11.4 Å². The zero-order valence-electron chi connectivity index (χ0n) is 12.9. The van der Waals surface area contributed by atoms with E-state index in [1.54, 1.807) is 12.1 Å². The number of anilines is 2. The highest BCUT2D eigenvalue weighted by Gasteiger charge is 2.06. The van der Waals surface area contributed by atoms with Crippen molar-refractivity contribution in [3.05, 3.63) is 58.7 Å². The third kappa shape index (κ3) is 4.47. The molecule has 120 valence electrons. The van der Waals surface area contributed by atoms with Gasteiger partial charge in [0.05, 0.1) is 0 Å². The number of aryl methyl sites for hydroxylation is 2.